The SMILES string of the molecule is COc1ccc(OC)c2sc(N3CCC(NC(=O)c4cnccn4)CC3)nc12. The lowest BCUT2D eigenvalue weighted by molar-refractivity contribution is 0.0925. The molecule has 0 unspecified atom stereocenters. The van der Waals surface area contributed by atoms with Crippen LogP contribution in [0.15, 0.2) is 30.7 Å². The number of ether oxygens (including phenoxy) is 2. The van der Waals surface area contributed by atoms with Crippen molar-refractivity contribution in [1.82, 2.24) is 20.3 Å². The molecule has 8 nitrogen and oxygen atoms in total. The van der Waals surface area contributed by atoms with Crippen LogP contribution in [0.3, 0.4) is 0 Å². The van der Waals surface area contributed by atoms with Gasteiger partial charge in [-0.2, -0.15) is 0 Å². The Hall–Kier alpha value is -2.94. The van der Waals surface area contributed by atoms with Crippen molar-refractivity contribution in [2.45, 2.75) is 18.9 Å². The van der Waals surface area contributed by atoms with Gasteiger partial charge >= 0.3 is 0 Å². The first-order valence-corrected chi connectivity index (χ1v) is 9.84. The molecule has 0 atom stereocenters. The molecule has 0 spiro atoms. The van der Waals surface area contributed by atoms with Crippen LogP contribution >= 0.6 is 11.3 Å². The van der Waals surface area contributed by atoms with Crippen LogP contribution in [0.2, 0.25) is 0 Å². The number of amides is 1. The number of aromatic nitrogens is 3. The molecule has 28 heavy (non-hydrogen) atoms. The third-order valence-corrected chi connectivity index (χ3v) is 5.93. The lowest BCUT2D eigenvalue weighted by atomic mass is 10.1. The average Bonchev–Trinajstić information content (AvgIpc) is 3.19. The molecule has 3 heterocycles. The van der Waals surface area contributed by atoms with E-state index in [0.29, 0.717) is 5.69 Å². The van der Waals surface area contributed by atoms with Gasteiger partial charge in [-0.05, 0) is 25.0 Å². The molecule has 1 aliphatic heterocycles. The lowest BCUT2D eigenvalue weighted by Crippen LogP contribution is -2.44. The Balaban J connectivity index is 1.44. The lowest BCUT2D eigenvalue weighted by Gasteiger charge is -2.32. The molecule has 0 bridgehead atoms. The summed E-state index contributed by atoms with van der Waals surface area (Å²) in [5.74, 6) is 1.36. The summed E-state index contributed by atoms with van der Waals surface area (Å²) in [5.41, 5.74) is 1.16. The minimum absolute atomic E-state index is 0.115. The van der Waals surface area contributed by atoms with Crippen LogP contribution in [0.25, 0.3) is 10.2 Å². The van der Waals surface area contributed by atoms with Gasteiger partial charge in [-0.3, -0.25) is 9.78 Å². The molecule has 1 fully saturated rings. The fourth-order valence-electron chi connectivity index (χ4n) is 3.30. The molecular formula is C19H21N5O3S. The van der Waals surface area contributed by atoms with Crippen molar-refractivity contribution >= 4 is 32.6 Å². The van der Waals surface area contributed by atoms with Crippen molar-refractivity contribution in [3.8, 4) is 11.5 Å². The normalized spacial score (nSPS) is 14.9. The minimum atomic E-state index is -0.180. The Morgan fingerprint density at radius 2 is 1.93 bits per heavy atom. The van der Waals surface area contributed by atoms with Gasteiger partial charge in [0.05, 0.1) is 20.4 Å². The van der Waals surface area contributed by atoms with E-state index in [1.54, 1.807) is 31.8 Å². The van der Waals surface area contributed by atoms with E-state index in [-0.39, 0.29) is 11.9 Å². The maximum atomic E-state index is 12.3. The number of thiazole rings is 1. The van der Waals surface area contributed by atoms with E-state index in [0.717, 1.165) is 52.8 Å². The van der Waals surface area contributed by atoms with E-state index in [2.05, 4.69) is 20.2 Å². The van der Waals surface area contributed by atoms with Gasteiger partial charge < -0.3 is 19.7 Å². The fraction of sp³-hybridized carbons (Fsp3) is 0.368. The van der Waals surface area contributed by atoms with Crippen molar-refractivity contribution < 1.29 is 14.3 Å². The highest BCUT2D eigenvalue weighted by atomic mass is 32.1. The highest BCUT2D eigenvalue weighted by Gasteiger charge is 2.24. The number of nitrogens with one attached hydrogen (secondary N) is 1. The number of carbonyl (C=O) groups is 1. The molecule has 1 saturated heterocycles. The monoisotopic (exact) mass is 399 g/mol. The Bertz CT molecular complexity index is 929. The number of hydrogen-bond donors (Lipinski definition) is 1. The van der Waals surface area contributed by atoms with E-state index in [1.165, 1.54) is 12.4 Å². The summed E-state index contributed by atoms with van der Waals surface area (Å²) in [6.07, 6.45) is 6.24. The number of piperidine rings is 1. The number of carbonyl (C=O) groups excluding carboxylic acids is 1. The van der Waals surface area contributed by atoms with Gasteiger partial charge in [-0.25, -0.2) is 9.97 Å². The Morgan fingerprint density at radius 1 is 1.18 bits per heavy atom. The third kappa shape index (κ3) is 3.57. The molecule has 0 radical (unpaired) electrons. The Kier molecular flexibility index (Phi) is 5.25. The highest BCUT2D eigenvalue weighted by molar-refractivity contribution is 7.22. The molecule has 3 aromatic rings. The molecule has 0 saturated carbocycles. The molecule has 1 amide bonds. The minimum Gasteiger partial charge on any atom is -0.495 e. The highest BCUT2D eigenvalue weighted by Crippen LogP contribution is 2.40. The van der Waals surface area contributed by atoms with Gasteiger partial charge in [-0.1, -0.05) is 11.3 Å². The number of hydrogen-bond acceptors (Lipinski definition) is 8. The van der Waals surface area contributed by atoms with E-state index in [9.17, 15) is 4.79 Å². The molecule has 4 rings (SSSR count). The number of nitrogens with zero attached hydrogens (tertiary/aromatic N) is 4. The summed E-state index contributed by atoms with van der Waals surface area (Å²) < 4.78 is 11.9. The van der Waals surface area contributed by atoms with Gasteiger partial charge in [0.15, 0.2) is 5.13 Å². The topological polar surface area (TPSA) is 89.5 Å². The van der Waals surface area contributed by atoms with Gasteiger partial charge in [-0.15, -0.1) is 0 Å². The zero-order valence-corrected chi connectivity index (χ0v) is 16.5. The summed E-state index contributed by atoms with van der Waals surface area (Å²) in [5, 5.41) is 3.99. The smallest absolute Gasteiger partial charge is 0.271 e. The van der Waals surface area contributed by atoms with Gasteiger partial charge in [0, 0.05) is 31.5 Å². The van der Waals surface area contributed by atoms with Crippen molar-refractivity contribution in [2.24, 2.45) is 0 Å². The molecule has 1 N–H and O–H groups in total. The summed E-state index contributed by atoms with van der Waals surface area (Å²) in [4.78, 5) is 27.3. The second kappa shape index (κ2) is 7.97. The second-order valence-electron chi connectivity index (χ2n) is 6.47. The number of anilines is 1. The van der Waals surface area contributed by atoms with E-state index >= 15 is 0 Å². The van der Waals surface area contributed by atoms with Gasteiger partial charge in [0.2, 0.25) is 0 Å². The summed E-state index contributed by atoms with van der Waals surface area (Å²) in [6.45, 7) is 1.63. The molecule has 1 aromatic carbocycles. The quantitative estimate of drug-likeness (QED) is 0.705. The maximum Gasteiger partial charge on any atom is 0.271 e. The Labute approximate surface area is 166 Å². The first kappa shape index (κ1) is 18.4. The predicted molar refractivity (Wildman–Crippen MR) is 107 cm³/mol. The number of rotatable bonds is 5. The van der Waals surface area contributed by atoms with Crippen LogP contribution in [0.4, 0.5) is 5.13 Å². The van der Waals surface area contributed by atoms with E-state index < -0.39 is 0 Å². The van der Waals surface area contributed by atoms with Crippen LogP contribution < -0.4 is 19.7 Å². The molecule has 146 valence electrons. The summed E-state index contributed by atoms with van der Waals surface area (Å²) >= 11 is 1.60. The second-order valence-corrected chi connectivity index (χ2v) is 7.45. The van der Waals surface area contributed by atoms with Crippen LogP contribution in [0.5, 0.6) is 11.5 Å². The first-order valence-electron chi connectivity index (χ1n) is 9.03. The zero-order chi connectivity index (χ0) is 19.5. The molecular weight excluding hydrogens is 378 g/mol. The van der Waals surface area contributed by atoms with Crippen LogP contribution in [-0.4, -0.2) is 54.2 Å². The maximum absolute atomic E-state index is 12.3. The molecule has 0 aliphatic carbocycles. The standard InChI is InChI=1S/C19H21N5O3S/c1-26-14-3-4-15(27-2)17-16(14)23-19(28-17)24-9-5-12(6-10-24)22-18(25)13-11-20-7-8-21-13/h3-4,7-8,11-12H,5-6,9-10H2,1-2H3,(H,22,25). The third-order valence-electron chi connectivity index (χ3n) is 4.80. The van der Waals surface area contributed by atoms with Crippen LogP contribution in [-0.2, 0) is 0 Å². The zero-order valence-electron chi connectivity index (χ0n) is 15.7. The van der Waals surface area contributed by atoms with Crippen LogP contribution in [0.1, 0.15) is 23.3 Å². The largest absolute Gasteiger partial charge is 0.495 e. The molecule has 2 aromatic heterocycles. The van der Waals surface area contributed by atoms with E-state index in [4.69, 9.17) is 14.5 Å². The number of methoxy groups -OCH3 is 2. The van der Waals surface area contributed by atoms with Crippen molar-refractivity contribution in [2.75, 3.05) is 32.2 Å². The van der Waals surface area contributed by atoms with Crippen molar-refractivity contribution in [3.05, 3.63) is 36.4 Å². The number of fused-ring (bicyclic) bond motifs is 1. The fourth-order valence-corrected chi connectivity index (χ4v) is 4.43. The Morgan fingerprint density at radius 3 is 2.61 bits per heavy atom. The van der Waals surface area contributed by atoms with Crippen molar-refractivity contribution in [1.29, 1.82) is 0 Å². The van der Waals surface area contributed by atoms with Gasteiger partial charge in [0.1, 0.15) is 27.4 Å². The molecule has 1 aliphatic rings. The summed E-state index contributed by atoms with van der Waals surface area (Å²) in [7, 11) is 3.30. The summed E-state index contributed by atoms with van der Waals surface area (Å²) in [6, 6.07) is 3.89. The first-order chi connectivity index (χ1) is 13.7. The predicted octanol–water partition coefficient (Wildman–Crippen LogP) is 2.50. The van der Waals surface area contributed by atoms with Crippen LogP contribution in [0, 0.1) is 0 Å². The number of benzene rings is 1. The average molecular weight is 399 g/mol. The van der Waals surface area contributed by atoms with Crippen molar-refractivity contribution in [3.63, 3.8) is 0 Å². The molecule has 9 heteroatoms. The van der Waals surface area contributed by atoms with Gasteiger partial charge in [0.25, 0.3) is 5.91 Å². The van der Waals surface area contributed by atoms with E-state index in [1.807, 2.05) is 12.1 Å².